The van der Waals surface area contributed by atoms with E-state index in [9.17, 15) is 0 Å². The van der Waals surface area contributed by atoms with Crippen molar-refractivity contribution in [3.05, 3.63) is 24.3 Å². The summed E-state index contributed by atoms with van der Waals surface area (Å²) in [6.07, 6.45) is 6.19. The van der Waals surface area contributed by atoms with Crippen LogP contribution in [0.4, 0.5) is 5.69 Å². The number of hydrogen-bond donors (Lipinski definition) is 2. The molecule has 1 saturated carbocycles. The van der Waals surface area contributed by atoms with Gasteiger partial charge in [0.15, 0.2) is 0 Å². The number of anilines is 1. The lowest BCUT2D eigenvalue weighted by Gasteiger charge is -2.34. The molecule has 19 heavy (non-hydrogen) atoms. The average molecular weight is 262 g/mol. The Morgan fingerprint density at radius 2 is 2.00 bits per heavy atom. The fourth-order valence-electron chi connectivity index (χ4n) is 2.94. The second-order valence-corrected chi connectivity index (χ2v) is 5.87. The normalized spacial score (nSPS) is 27.6. The molecule has 2 unspecified atom stereocenters. The lowest BCUT2D eigenvalue weighted by molar-refractivity contribution is 0.407. The number of benzene rings is 1. The molecule has 0 aliphatic heterocycles. The van der Waals surface area contributed by atoms with Gasteiger partial charge in [-0.15, -0.1) is 0 Å². The van der Waals surface area contributed by atoms with E-state index in [1.165, 1.54) is 25.7 Å². The van der Waals surface area contributed by atoms with Crippen LogP contribution in [0.3, 0.4) is 0 Å². The van der Waals surface area contributed by atoms with E-state index >= 15 is 0 Å². The zero-order chi connectivity index (χ0) is 13.7. The minimum Gasteiger partial charge on any atom is -0.497 e. The lowest BCUT2D eigenvalue weighted by Crippen LogP contribution is -2.45. The number of ether oxygens (including phenoxy) is 1. The predicted molar refractivity (Wildman–Crippen MR) is 80.7 cm³/mol. The molecule has 0 amide bonds. The van der Waals surface area contributed by atoms with Gasteiger partial charge in [0, 0.05) is 17.8 Å². The van der Waals surface area contributed by atoms with Crippen LogP contribution < -0.4 is 15.8 Å². The maximum absolute atomic E-state index is 6.07. The van der Waals surface area contributed by atoms with Crippen molar-refractivity contribution in [2.24, 2.45) is 11.7 Å². The summed E-state index contributed by atoms with van der Waals surface area (Å²) in [6.45, 7) is 3.05. The Balaban J connectivity index is 2.08. The van der Waals surface area contributed by atoms with Crippen LogP contribution in [0.25, 0.3) is 0 Å². The molecule has 0 aromatic heterocycles. The highest BCUT2D eigenvalue weighted by molar-refractivity contribution is 5.48. The van der Waals surface area contributed by atoms with Gasteiger partial charge in [-0.25, -0.2) is 0 Å². The molecule has 2 rings (SSSR count). The first-order valence-corrected chi connectivity index (χ1v) is 7.30. The molecule has 3 N–H and O–H groups in total. The third-order valence-electron chi connectivity index (χ3n) is 4.36. The third-order valence-corrected chi connectivity index (χ3v) is 4.36. The molecular weight excluding hydrogens is 236 g/mol. The molecule has 1 aliphatic rings. The van der Waals surface area contributed by atoms with Crippen LogP contribution >= 0.6 is 0 Å². The van der Waals surface area contributed by atoms with Crippen molar-refractivity contribution in [2.75, 3.05) is 19.0 Å². The largest absolute Gasteiger partial charge is 0.497 e. The second-order valence-electron chi connectivity index (χ2n) is 5.87. The van der Waals surface area contributed by atoms with Crippen LogP contribution in [0.1, 0.15) is 39.0 Å². The van der Waals surface area contributed by atoms with Crippen molar-refractivity contribution in [1.29, 1.82) is 0 Å². The monoisotopic (exact) mass is 262 g/mol. The Morgan fingerprint density at radius 1 is 1.26 bits per heavy atom. The molecule has 3 heteroatoms. The van der Waals surface area contributed by atoms with E-state index in [2.05, 4.69) is 24.4 Å². The van der Waals surface area contributed by atoms with Crippen molar-refractivity contribution < 1.29 is 4.74 Å². The van der Waals surface area contributed by atoms with Gasteiger partial charge in [-0.05, 0) is 49.4 Å². The van der Waals surface area contributed by atoms with Gasteiger partial charge < -0.3 is 15.8 Å². The standard InChI is InChI=1S/C16H26N2O/c1-13-4-3-10-16(12-17,11-9-13)18-14-5-7-15(19-2)8-6-14/h5-8,13,18H,3-4,9-12,17H2,1-2H3. The van der Waals surface area contributed by atoms with Gasteiger partial charge in [0.2, 0.25) is 0 Å². The van der Waals surface area contributed by atoms with Gasteiger partial charge in [-0.1, -0.05) is 19.8 Å². The predicted octanol–water partition coefficient (Wildman–Crippen LogP) is 3.40. The molecule has 1 aromatic rings. The summed E-state index contributed by atoms with van der Waals surface area (Å²) in [7, 11) is 1.69. The summed E-state index contributed by atoms with van der Waals surface area (Å²) < 4.78 is 5.19. The van der Waals surface area contributed by atoms with Crippen LogP contribution in [0, 0.1) is 5.92 Å². The van der Waals surface area contributed by atoms with Crippen LogP contribution in [0.5, 0.6) is 5.75 Å². The number of rotatable bonds is 4. The highest BCUT2D eigenvalue weighted by atomic mass is 16.5. The first kappa shape index (κ1) is 14.2. The Morgan fingerprint density at radius 3 is 2.63 bits per heavy atom. The number of methoxy groups -OCH3 is 1. The summed E-state index contributed by atoms with van der Waals surface area (Å²) in [5.74, 6) is 1.72. The van der Waals surface area contributed by atoms with Crippen LogP contribution in [0.15, 0.2) is 24.3 Å². The molecular formula is C16H26N2O. The van der Waals surface area contributed by atoms with Crippen molar-refractivity contribution in [3.63, 3.8) is 0 Å². The molecule has 0 radical (unpaired) electrons. The van der Waals surface area contributed by atoms with E-state index in [1.807, 2.05) is 12.1 Å². The lowest BCUT2D eigenvalue weighted by atomic mass is 9.89. The Bertz CT molecular complexity index is 390. The average Bonchev–Trinajstić information content (AvgIpc) is 2.63. The van der Waals surface area contributed by atoms with Crippen molar-refractivity contribution in [3.8, 4) is 5.75 Å². The molecule has 1 aromatic carbocycles. The topological polar surface area (TPSA) is 47.3 Å². The molecule has 0 saturated heterocycles. The van der Waals surface area contributed by atoms with Crippen molar-refractivity contribution in [1.82, 2.24) is 0 Å². The smallest absolute Gasteiger partial charge is 0.119 e. The van der Waals surface area contributed by atoms with Gasteiger partial charge in [0.05, 0.1) is 7.11 Å². The van der Waals surface area contributed by atoms with Crippen molar-refractivity contribution in [2.45, 2.75) is 44.6 Å². The maximum Gasteiger partial charge on any atom is 0.119 e. The minimum absolute atomic E-state index is 0.0688. The zero-order valence-electron chi connectivity index (χ0n) is 12.1. The Kier molecular flexibility index (Phi) is 4.70. The fraction of sp³-hybridized carbons (Fsp3) is 0.625. The highest BCUT2D eigenvalue weighted by Crippen LogP contribution is 2.32. The minimum atomic E-state index is 0.0688. The van der Waals surface area contributed by atoms with Gasteiger partial charge in [-0.2, -0.15) is 0 Å². The van der Waals surface area contributed by atoms with E-state index < -0.39 is 0 Å². The van der Waals surface area contributed by atoms with Gasteiger partial charge >= 0.3 is 0 Å². The molecule has 0 spiro atoms. The van der Waals surface area contributed by atoms with E-state index in [-0.39, 0.29) is 5.54 Å². The van der Waals surface area contributed by atoms with Gasteiger partial charge in [-0.3, -0.25) is 0 Å². The van der Waals surface area contributed by atoms with Crippen LogP contribution in [-0.2, 0) is 0 Å². The summed E-state index contributed by atoms with van der Waals surface area (Å²) in [6, 6.07) is 8.13. The van der Waals surface area contributed by atoms with Gasteiger partial charge in [0.1, 0.15) is 5.75 Å². The Hall–Kier alpha value is -1.22. The maximum atomic E-state index is 6.07. The molecule has 1 fully saturated rings. The molecule has 3 nitrogen and oxygen atoms in total. The third kappa shape index (κ3) is 3.63. The zero-order valence-corrected chi connectivity index (χ0v) is 12.1. The quantitative estimate of drug-likeness (QED) is 0.818. The summed E-state index contributed by atoms with van der Waals surface area (Å²) in [4.78, 5) is 0. The first-order chi connectivity index (χ1) is 9.17. The van der Waals surface area contributed by atoms with E-state index in [0.29, 0.717) is 6.54 Å². The molecule has 0 bridgehead atoms. The summed E-state index contributed by atoms with van der Waals surface area (Å²) in [5.41, 5.74) is 7.28. The molecule has 1 aliphatic carbocycles. The molecule has 106 valence electrons. The van der Waals surface area contributed by atoms with Gasteiger partial charge in [0.25, 0.3) is 0 Å². The second kappa shape index (κ2) is 6.29. The number of nitrogens with one attached hydrogen (secondary N) is 1. The number of hydrogen-bond acceptors (Lipinski definition) is 3. The molecule has 0 heterocycles. The first-order valence-electron chi connectivity index (χ1n) is 7.30. The van der Waals surface area contributed by atoms with E-state index in [0.717, 1.165) is 23.8 Å². The summed E-state index contributed by atoms with van der Waals surface area (Å²) >= 11 is 0. The van der Waals surface area contributed by atoms with Crippen molar-refractivity contribution >= 4 is 5.69 Å². The fourth-order valence-corrected chi connectivity index (χ4v) is 2.94. The SMILES string of the molecule is COc1ccc(NC2(CN)CCCC(C)CC2)cc1. The Labute approximate surface area is 116 Å². The van der Waals surface area contributed by atoms with Crippen LogP contribution in [-0.4, -0.2) is 19.2 Å². The van der Waals surface area contributed by atoms with Crippen LogP contribution in [0.2, 0.25) is 0 Å². The number of nitrogens with two attached hydrogens (primary N) is 1. The van der Waals surface area contributed by atoms with E-state index in [4.69, 9.17) is 10.5 Å². The molecule has 2 atom stereocenters. The van der Waals surface area contributed by atoms with E-state index in [1.54, 1.807) is 7.11 Å². The summed E-state index contributed by atoms with van der Waals surface area (Å²) in [5, 5.41) is 3.68. The highest BCUT2D eigenvalue weighted by Gasteiger charge is 2.30.